The van der Waals surface area contributed by atoms with Gasteiger partial charge in [0.2, 0.25) is 5.91 Å². The maximum atomic E-state index is 12.1. The molecule has 5 heteroatoms. The molecular weight excluding hydrogens is 282 g/mol. The van der Waals surface area contributed by atoms with Gasteiger partial charge in [0.15, 0.2) is 0 Å². The van der Waals surface area contributed by atoms with Crippen LogP contribution in [-0.2, 0) is 20.7 Å². The molecule has 0 fully saturated rings. The van der Waals surface area contributed by atoms with Crippen molar-refractivity contribution in [2.45, 2.75) is 39.7 Å². The number of ether oxygens (including phenoxy) is 2. The first-order chi connectivity index (χ1) is 10.4. The Labute approximate surface area is 132 Å². The highest BCUT2D eigenvalue weighted by Gasteiger charge is 2.22. The van der Waals surface area contributed by atoms with Crippen LogP contribution in [0.5, 0.6) is 5.75 Å². The summed E-state index contributed by atoms with van der Waals surface area (Å²) in [5, 5.41) is 2.75. The third kappa shape index (κ3) is 5.39. The Morgan fingerprint density at radius 3 is 2.41 bits per heavy atom. The standard InChI is InChI=1S/C17H25NO4/c1-11(2)8-14(17(20)22-5)18-16(19)10-13-6-7-15(21-4)12(3)9-13/h6-7,9,11,14H,8,10H2,1-5H3,(H,18,19)/t14-/m0/s1. The Balaban J connectivity index is 2.70. The zero-order valence-corrected chi connectivity index (χ0v) is 13.9. The number of carbonyl (C=O) groups excluding carboxylic acids is 2. The molecule has 0 aliphatic rings. The fourth-order valence-electron chi connectivity index (χ4n) is 2.31. The summed E-state index contributed by atoms with van der Waals surface area (Å²) in [6, 6.07) is 5.00. The molecule has 0 saturated carbocycles. The molecule has 0 aromatic heterocycles. The quantitative estimate of drug-likeness (QED) is 0.785. The summed E-state index contributed by atoms with van der Waals surface area (Å²) in [4.78, 5) is 23.9. The second-order valence-electron chi connectivity index (χ2n) is 5.75. The summed E-state index contributed by atoms with van der Waals surface area (Å²) in [5.74, 6) is 0.470. The van der Waals surface area contributed by atoms with Crippen LogP contribution < -0.4 is 10.1 Å². The van der Waals surface area contributed by atoms with Gasteiger partial charge >= 0.3 is 5.97 Å². The third-order valence-corrected chi connectivity index (χ3v) is 3.35. The number of hydrogen-bond donors (Lipinski definition) is 1. The lowest BCUT2D eigenvalue weighted by molar-refractivity contribution is -0.145. The second-order valence-corrected chi connectivity index (χ2v) is 5.75. The Bertz CT molecular complexity index is 525. The van der Waals surface area contributed by atoms with Crippen LogP contribution in [0.4, 0.5) is 0 Å². The van der Waals surface area contributed by atoms with E-state index in [2.05, 4.69) is 5.32 Å². The van der Waals surface area contributed by atoms with Crippen LogP contribution in [0.1, 0.15) is 31.4 Å². The summed E-state index contributed by atoms with van der Waals surface area (Å²) < 4.78 is 9.94. The molecule has 1 aromatic rings. The molecule has 122 valence electrons. The van der Waals surface area contributed by atoms with E-state index in [1.807, 2.05) is 39.0 Å². The number of methoxy groups -OCH3 is 2. The van der Waals surface area contributed by atoms with E-state index in [1.165, 1.54) is 7.11 Å². The SMILES string of the molecule is COC(=O)[C@H](CC(C)C)NC(=O)Cc1ccc(OC)c(C)c1. The summed E-state index contributed by atoms with van der Waals surface area (Å²) in [7, 11) is 2.94. The van der Waals surface area contributed by atoms with Gasteiger partial charge in [0.25, 0.3) is 0 Å². The maximum absolute atomic E-state index is 12.1. The van der Waals surface area contributed by atoms with Crippen molar-refractivity contribution in [3.63, 3.8) is 0 Å². The minimum Gasteiger partial charge on any atom is -0.496 e. The van der Waals surface area contributed by atoms with Crippen LogP contribution in [0.25, 0.3) is 0 Å². The Kier molecular flexibility index (Phi) is 6.89. The van der Waals surface area contributed by atoms with E-state index >= 15 is 0 Å². The first kappa shape index (κ1) is 18.0. The average Bonchev–Trinajstić information content (AvgIpc) is 2.45. The van der Waals surface area contributed by atoms with E-state index in [1.54, 1.807) is 7.11 Å². The first-order valence-electron chi connectivity index (χ1n) is 7.38. The van der Waals surface area contributed by atoms with E-state index in [-0.39, 0.29) is 18.2 Å². The zero-order valence-electron chi connectivity index (χ0n) is 13.9. The predicted octanol–water partition coefficient (Wildman–Crippen LogP) is 2.25. The molecule has 1 aromatic carbocycles. The Morgan fingerprint density at radius 2 is 1.91 bits per heavy atom. The number of carbonyl (C=O) groups is 2. The maximum Gasteiger partial charge on any atom is 0.328 e. The topological polar surface area (TPSA) is 64.6 Å². The highest BCUT2D eigenvalue weighted by Crippen LogP contribution is 2.18. The van der Waals surface area contributed by atoms with Gasteiger partial charge < -0.3 is 14.8 Å². The zero-order chi connectivity index (χ0) is 16.7. The molecule has 0 saturated heterocycles. The Hall–Kier alpha value is -2.04. The van der Waals surface area contributed by atoms with Crippen molar-refractivity contribution in [2.24, 2.45) is 5.92 Å². The monoisotopic (exact) mass is 307 g/mol. The summed E-state index contributed by atoms with van der Waals surface area (Å²) in [6.45, 7) is 5.92. The molecule has 0 spiro atoms. The number of nitrogens with one attached hydrogen (secondary N) is 1. The van der Waals surface area contributed by atoms with Crippen molar-refractivity contribution >= 4 is 11.9 Å². The molecule has 1 amide bonds. The minimum absolute atomic E-state index is 0.194. The van der Waals surface area contributed by atoms with Crippen LogP contribution in [0, 0.1) is 12.8 Å². The number of aryl methyl sites for hydroxylation is 1. The second kappa shape index (κ2) is 8.41. The van der Waals surface area contributed by atoms with Gasteiger partial charge in [-0.1, -0.05) is 26.0 Å². The molecule has 0 radical (unpaired) electrons. The van der Waals surface area contributed by atoms with Crippen LogP contribution in [-0.4, -0.2) is 32.1 Å². The van der Waals surface area contributed by atoms with E-state index in [9.17, 15) is 9.59 Å². The highest BCUT2D eigenvalue weighted by atomic mass is 16.5. The Morgan fingerprint density at radius 1 is 1.23 bits per heavy atom. The van der Waals surface area contributed by atoms with Crippen molar-refractivity contribution in [3.05, 3.63) is 29.3 Å². The number of amides is 1. The van der Waals surface area contributed by atoms with E-state index < -0.39 is 12.0 Å². The molecule has 0 heterocycles. The summed E-state index contributed by atoms with van der Waals surface area (Å²) in [5.41, 5.74) is 1.85. The molecule has 0 aliphatic carbocycles. The van der Waals surface area contributed by atoms with Crippen LogP contribution in [0.2, 0.25) is 0 Å². The van der Waals surface area contributed by atoms with Crippen molar-refractivity contribution < 1.29 is 19.1 Å². The lowest BCUT2D eigenvalue weighted by Gasteiger charge is -2.18. The molecule has 0 unspecified atom stereocenters. The number of hydrogen-bond acceptors (Lipinski definition) is 4. The number of rotatable bonds is 7. The molecule has 1 N–H and O–H groups in total. The molecule has 0 bridgehead atoms. The van der Waals surface area contributed by atoms with Crippen LogP contribution in [0.15, 0.2) is 18.2 Å². The predicted molar refractivity (Wildman–Crippen MR) is 84.8 cm³/mol. The number of esters is 1. The van der Waals surface area contributed by atoms with Gasteiger partial charge in [0.05, 0.1) is 20.6 Å². The summed E-state index contributed by atoms with van der Waals surface area (Å²) in [6.07, 6.45) is 0.774. The fraction of sp³-hybridized carbons (Fsp3) is 0.529. The third-order valence-electron chi connectivity index (χ3n) is 3.35. The van der Waals surface area contributed by atoms with E-state index in [0.717, 1.165) is 16.9 Å². The molecule has 5 nitrogen and oxygen atoms in total. The molecule has 22 heavy (non-hydrogen) atoms. The van der Waals surface area contributed by atoms with Gasteiger partial charge in [-0.25, -0.2) is 4.79 Å². The van der Waals surface area contributed by atoms with Crippen molar-refractivity contribution in [2.75, 3.05) is 14.2 Å². The van der Waals surface area contributed by atoms with Crippen LogP contribution >= 0.6 is 0 Å². The van der Waals surface area contributed by atoms with Gasteiger partial charge in [-0.05, 0) is 36.5 Å². The summed E-state index contributed by atoms with van der Waals surface area (Å²) >= 11 is 0. The number of benzene rings is 1. The van der Waals surface area contributed by atoms with Gasteiger partial charge in [0.1, 0.15) is 11.8 Å². The fourth-order valence-corrected chi connectivity index (χ4v) is 2.31. The molecular formula is C17H25NO4. The molecule has 1 rings (SSSR count). The van der Waals surface area contributed by atoms with E-state index in [0.29, 0.717) is 6.42 Å². The van der Waals surface area contributed by atoms with Gasteiger partial charge in [0, 0.05) is 0 Å². The molecule has 0 aliphatic heterocycles. The van der Waals surface area contributed by atoms with Gasteiger partial charge in [-0.15, -0.1) is 0 Å². The minimum atomic E-state index is -0.600. The van der Waals surface area contributed by atoms with E-state index in [4.69, 9.17) is 9.47 Å². The van der Waals surface area contributed by atoms with Crippen LogP contribution in [0.3, 0.4) is 0 Å². The largest absolute Gasteiger partial charge is 0.496 e. The van der Waals surface area contributed by atoms with Crippen molar-refractivity contribution in [1.82, 2.24) is 5.32 Å². The normalized spacial score (nSPS) is 11.9. The molecule has 1 atom stereocenters. The van der Waals surface area contributed by atoms with Gasteiger partial charge in [-0.2, -0.15) is 0 Å². The highest BCUT2D eigenvalue weighted by molar-refractivity contribution is 5.85. The van der Waals surface area contributed by atoms with Crippen molar-refractivity contribution in [3.8, 4) is 5.75 Å². The smallest absolute Gasteiger partial charge is 0.328 e. The average molecular weight is 307 g/mol. The lowest BCUT2D eigenvalue weighted by Crippen LogP contribution is -2.43. The van der Waals surface area contributed by atoms with Crippen molar-refractivity contribution in [1.29, 1.82) is 0 Å². The first-order valence-corrected chi connectivity index (χ1v) is 7.38. The van der Waals surface area contributed by atoms with Gasteiger partial charge in [-0.3, -0.25) is 4.79 Å². The lowest BCUT2D eigenvalue weighted by atomic mass is 10.0.